The Morgan fingerprint density at radius 1 is 0.184 bits per heavy atom. The van der Waals surface area contributed by atoms with Gasteiger partial charge in [0.25, 0.3) is 0 Å². The predicted octanol–water partition coefficient (Wildman–Crippen LogP) is 21.1. The summed E-state index contributed by atoms with van der Waals surface area (Å²) >= 11 is 0. The minimum Gasteiger partial charge on any atom is -0.311 e. The molecule has 0 aromatic heterocycles. The van der Waals surface area contributed by atoms with Crippen molar-refractivity contribution in [1.82, 2.24) is 0 Å². The molecule has 0 fully saturated rings. The molecule has 14 rings (SSSR count). The van der Waals surface area contributed by atoms with Crippen LogP contribution in [0, 0.1) is 0 Å². The molecule has 0 bridgehead atoms. The first-order chi connectivity index (χ1) is 37.7. The average Bonchev–Trinajstić information content (AvgIpc) is 3.51. The van der Waals surface area contributed by atoms with E-state index in [0.29, 0.717) is 0 Å². The normalized spacial score (nSPS) is 11.4. The second-order valence-corrected chi connectivity index (χ2v) is 19.6. The quantitative estimate of drug-likeness (QED) is 0.126. The summed E-state index contributed by atoms with van der Waals surface area (Å²) in [6.07, 6.45) is 0. The van der Waals surface area contributed by atoms with E-state index >= 15 is 0 Å². The highest BCUT2D eigenvalue weighted by molar-refractivity contribution is 6.33. The number of rotatable bonds is 10. The van der Waals surface area contributed by atoms with E-state index in [1.54, 1.807) is 0 Å². The summed E-state index contributed by atoms with van der Waals surface area (Å²) in [5.41, 5.74) is 16.1. The monoisotopic (exact) mass is 966 g/mol. The molecule has 0 N–H and O–H groups in total. The van der Waals surface area contributed by atoms with Crippen LogP contribution in [0.5, 0.6) is 0 Å². The van der Waals surface area contributed by atoms with Gasteiger partial charge in [-0.15, -0.1) is 0 Å². The fourth-order valence-electron chi connectivity index (χ4n) is 11.8. The molecule has 2 heteroatoms. The lowest BCUT2D eigenvalue weighted by Gasteiger charge is -2.26. The van der Waals surface area contributed by atoms with Gasteiger partial charge in [0.15, 0.2) is 0 Å². The van der Waals surface area contributed by atoms with E-state index in [1.165, 1.54) is 87.2 Å². The van der Waals surface area contributed by atoms with E-state index in [2.05, 4.69) is 313 Å². The van der Waals surface area contributed by atoms with Crippen LogP contribution in [0.3, 0.4) is 0 Å². The number of para-hydroxylation sites is 4. The Hall–Kier alpha value is -10.0. The van der Waals surface area contributed by atoms with Crippen LogP contribution in [0.4, 0.5) is 34.1 Å². The van der Waals surface area contributed by atoms with Gasteiger partial charge in [-0.05, 0) is 189 Å². The third kappa shape index (κ3) is 7.83. The summed E-state index contributed by atoms with van der Waals surface area (Å²) in [5, 5.41) is 12.4. The molecule has 0 atom stereocenters. The largest absolute Gasteiger partial charge is 0.311 e. The van der Waals surface area contributed by atoms with Gasteiger partial charge in [-0.3, -0.25) is 0 Å². The van der Waals surface area contributed by atoms with Crippen molar-refractivity contribution in [2.24, 2.45) is 0 Å². The van der Waals surface area contributed by atoms with Crippen LogP contribution >= 0.6 is 0 Å². The van der Waals surface area contributed by atoms with E-state index in [-0.39, 0.29) is 0 Å². The van der Waals surface area contributed by atoms with Crippen molar-refractivity contribution >= 4 is 88.0 Å². The highest BCUT2D eigenvalue weighted by Crippen LogP contribution is 2.51. The Labute approximate surface area is 443 Å². The molecule has 76 heavy (non-hydrogen) atoms. The lowest BCUT2D eigenvalue weighted by molar-refractivity contribution is 1.28. The molecule has 2 nitrogen and oxygen atoms in total. The van der Waals surface area contributed by atoms with Crippen molar-refractivity contribution in [1.29, 1.82) is 0 Å². The molecule has 0 amide bonds. The van der Waals surface area contributed by atoms with Gasteiger partial charge < -0.3 is 9.80 Å². The zero-order valence-electron chi connectivity index (χ0n) is 41.8. The van der Waals surface area contributed by atoms with Gasteiger partial charge in [0.05, 0.1) is 0 Å². The van der Waals surface area contributed by atoms with Crippen LogP contribution < -0.4 is 9.80 Å². The number of nitrogens with zero attached hydrogens (tertiary/aromatic N) is 2. The van der Waals surface area contributed by atoms with Gasteiger partial charge in [-0.1, -0.05) is 212 Å². The van der Waals surface area contributed by atoms with Gasteiger partial charge >= 0.3 is 0 Å². The molecule has 0 spiro atoms. The minimum absolute atomic E-state index is 1.09. The standard InChI is InChI=1S/C74H50N2/c1-6-22-51(23-7-1)69-50-70(52-38-43-60(44-39-52)75(56-25-8-2-9-26-56)57-27-10-3-11-28-57)73-67-47-42-55(68-48-54-24-16-17-33-62(54)63-34-18-19-35-64(63)68)49-71(67)65-36-20-21-37-66(65)74(73)72(69)53-40-45-61(46-41-53)76(58-29-12-4-13-30-58)59-31-14-5-15-32-59/h1-50H. The Balaban J connectivity index is 1.05. The molecule has 14 aromatic rings. The SMILES string of the molecule is c1ccc(-c2cc(-c3ccc(N(c4ccccc4)c4ccccc4)cc3)c3c4ccc(-c5cc6ccccc6c6ccccc56)cc4c4ccccc4c3c2-c2ccc(N(c3ccccc3)c3ccccc3)cc2)cc1. The molecule has 0 aliphatic carbocycles. The Morgan fingerprint density at radius 2 is 0.566 bits per heavy atom. The molecule has 0 heterocycles. The molecule has 0 unspecified atom stereocenters. The van der Waals surface area contributed by atoms with Crippen molar-refractivity contribution in [2.75, 3.05) is 9.80 Å². The number of fused-ring (bicyclic) bond motifs is 9. The molecular weight excluding hydrogens is 917 g/mol. The topological polar surface area (TPSA) is 6.48 Å². The van der Waals surface area contributed by atoms with Crippen molar-refractivity contribution in [3.63, 3.8) is 0 Å². The van der Waals surface area contributed by atoms with Gasteiger partial charge in [-0.25, -0.2) is 0 Å². The van der Waals surface area contributed by atoms with Crippen LogP contribution in [0.25, 0.3) is 98.4 Å². The molecule has 0 aliphatic heterocycles. The lowest BCUT2D eigenvalue weighted by atomic mass is 9.81. The summed E-state index contributed by atoms with van der Waals surface area (Å²) in [6.45, 7) is 0. The highest BCUT2D eigenvalue weighted by Gasteiger charge is 2.24. The zero-order valence-corrected chi connectivity index (χ0v) is 41.8. The van der Waals surface area contributed by atoms with Gasteiger partial charge in [0, 0.05) is 34.1 Å². The number of anilines is 6. The third-order valence-electron chi connectivity index (χ3n) is 15.2. The van der Waals surface area contributed by atoms with Crippen LogP contribution in [-0.4, -0.2) is 0 Å². The van der Waals surface area contributed by atoms with Crippen molar-refractivity contribution < 1.29 is 0 Å². The maximum Gasteiger partial charge on any atom is 0.0462 e. The molecule has 0 aliphatic rings. The fourth-order valence-corrected chi connectivity index (χ4v) is 11.8. The second-order valence-electron chi connectivity index (χ2n) is 19.6. The summed E-state index contributed by atoms with van der Waals surface area (Å²) in [5.74, 6) is 0. The summed E-state index contributed by atoms with van der Waals surface area (Å²) < 4.78 is 0. The number of hydrogen-bond donors (Lipinski definition) is 0. The molecule has 14 aromatic carbocycles. The molecular formula is C74H50N2. The second kappa shape index (κ2) is 19.1. The van der Waals surface area contributed by atoms with Crippen molar-refractivity contribution in [2.45, 2.75) is 0 Å². The first-order valence-electron chi connectivity index (χ1n) is 26.2. The van der Waals surface area contributed by atoms with E-state index in [1.807, 2.05) is 0 Å². The predicted molar refractivity (Wildman–Crippen MR) is 325 cm³/mol. The van der Waals surface area contributed by atoms with Crippen molar-refractivity contribution in [3.05, 3.63) is 303 Å². The Kier molecular flexibility index (Phi) is 11.2. The molecule has 0 saturated heterocycles. The maximum atomic E-state index is 2.47. The maximum absolute atomic E-state index is 2.47. The zero-order chi connectivity index (χ0) is 50.4. The van der Waals surface area contributed by atoms with Crippen LogP contribution in [0.2, 0.25) is 0 Å². The summed E-state index contributed by atoms with van der Waals surface area (Å²) in [4.78, 5) is 4.67. The van der Waals surface area contributed by atoms with E-state index in [4.69, 9.17) is 0 Å². The van der Waals surface area contributed by atoms with Gasteiger partial charge in [0.2, 0.25) is 0 Å². The Morgan fingerprint density at radius 3 is 1.11 bits per heavy atom. The molecule has 0 radical (unpaired) electrons. The highest BCUT2D eigenvalue weighted by atomic mass is 15.1. The average molecular weight is 967 g/mol. The number of hydrogen-bond acceptors (Lipinski definition) is 2. The smallest absolute Gasteiger partial charge is 0.0462 e. The first kappa shape index (κ1) is 44.7. The first-order valence-corrected chi connectivity index (χ1v) is 26.2. The van der Waals surface area contributed by atoms with Crippen LogP contribution in [0.15, 0.2) is 303 Å². The van der Waals surface area contributed by atoms with Crippen molar-refractivity contribution in [3.8, 4) is 44.5 Å². The van der Waals surface area contributed by atoms with Gasteiger partial charge in [0.1, 0.15) is 0 Å². The lowest BCUT2D eigenvalue weighted by Crippen LogP contribution is -2.09. The number of benzene rings is 14. The molecule has 0 saturated carbocycles. The summed E-state index contributed by atoms with van der Waals surface area (Å²) in [7, 11) is 0. The minimum atomic E-state index is 1.09. The van der Waals surface area contributed by atoms with Gasteiger partial charge in [-0.2, -0.15) is 0 Å². The summed E-state index contributed by atoms with van der Waals surface area (Å²) in [6, 6.07) is 111. The molecule has 356 valence electrons. The third-order valence-corrected chi connectivity index (χ3v) is 15.2. The fraction of sp³-hybridized carbons (Fsp3) is 0. The van der Waals surface area contributed by atoms with Crippen LogP contribution in [-0.2, 0) is 0 Å². The Bertz CT molecular complexity index is 4330. The van der Waals surface area contributed by atoms with E-state index in [0.717, 1.165) is 45.3 Å². The van der Waals surface area contributed by atoms with Crippen LogP contribution in [0.1, 0.15) is 0 Å². The van der Waals surface area contributed by atoms with E-state index in [9.17, 15) is 0 Å². The van der Waals surface area contributed by atoms with E-state index < -0.39 is 0 Å².